The standard InChI is InChI=1S/C20H14BrCl2N3O2/c1-26-17(11-2-4-13(21)5-3-11)9-25-20(26)24-8-12-10-28-19-15(18(12)27)6-14(22)7-16(19)23/h2-7,9-10H,8H2,1H3,(H,24,25). The van der Waals surface area contributed by atoms with Crippen molar-refractivity contribution >= 4 is 56.0 Å². The van der Waals surface area contributed by atoms with Gasteiger partial charge in [-0.05, 0) is 29.8 Å². The fourth-order valence-electron chi connectivity index (χ4n) is 2.96. The lowest BCUT2D eigenvalue weighted by Crippen LogP contribution is -2.14. The van der Waals surface area contributed by atoms with E-state index in [4.69, 9.17) is 27.6 Å². The van der Waals surface area contributed by atoms with Crippen LogP contribution in [-0.4, -0.2) is 9.55 Å². The highest BCUT2D eigenvalue weighted by atomic mass is 79.9. The number of anilines is 1. The van der Waals surface area contributed by atoms with Gasteiger partial charge in [0.25, 0.3) is 0 Å². The Hall–Kier alpha value is -2.28. The second kappa shape index (κ2) is 7.62. The molecule has 0 aliphatic rings. The number of halogens is 3. The normalized spacial score (nSPS) is 11.1. The Balaban J connectivity index is 1.61. The molecule has 2 aromatic carbocycles. The molecule has 0 saturated heterocycles. The molecule has 1 N–H and O–H groups in total. The van der Waals surface area contributed by atoms with Crippen molar-refractivity contribution in [3.8, 4) is 11.3 Å². The first-order valence-electron chi connectivity index (χ1n) is 8.35. The van der Waals surface area contributed by atoms with E-state index in [9.17, 15) is 4.79 Å². The summed E-state index contributed by atoms with van der Waals surface area (Å²) in [6.45, 7) is 0.257. The largest absolute Gasteiger partial charge is 0.462 e. The molecule has 28 heavy (non-hydrogen) atoms. The van der Waals surface area contributed by atoms with Crippen molar-refractivity contribution in [1.82, 2.24) is 9.55 Å². The van der Waals surface area contributed by atoms with E-state index in [1.807, 2.05) is 35.9 Å². The number of nitrogens with one attached hydrogen (secondary N) is 1. The summed E-state index contributed by atoms with van der Waals surface area (Å²) in [5.41, 5.74) is 2.61. The van der Waals surface area contributed by atoms with Crippen LogP contribution in [0.2, 0.25) is 10.0 Å². The van der Waals surface area contributed by atoms with E-state index in [-0.39, 0.29) is 12.0 Å². The minimum Gasteiger partial charge on any atom is -0.462 e. The summed E-state index contributed by atoms with van der Waals surface area (Å²) in [6, 6.07) is 11.1. The van der Waals surface area contributed by atoms with E-state index in [0.717, 1.165) is 15.7 Å². The second-order valence-electron chi connectivity index (χ2n) is 6.24. The minimum absolute atomic E-state index is 0.180. The first-order chi connectivity index (χ1) is 13.4. The van der Waals surface area contributed by atoms with Crippen molar-refractivity contribution in [2.45, 2.75) is 6.54 Å². The summed E-state index contributed by atoms with van der Waals surface area (Å²) < 4.78 is 8.50. The second-order valence-corrected chi connectivity index (χ2v) is 8.00. The van der Waals surface area contributed by atoms with E-state index in [0.29, 0.717) is 32.5 Å². The average Bonchev–Trinajstić information content (AvgIpc) is 3.03. The van der Waals surface area contributed by atoms with Gasteiger partial charge in [0.2, 0.25) is 5.95 Å². The summed E-state index contributed by atoms with van der Waals surface area (Å²) in [5, 5.41) is 4.23. The van der Waals surface area contributed by atoms with Gasteiger partial charge in [-0.15, -0.1) is 0 Å². The van der Waals surface area contributed by atoms with Crippen molar-refractivity contribution in [3.63, 3.8) is 0 Å². The Bertz CT molecular complexity index is 1230. The van der Waals surface area contributed by atoms with Gasteiger partial charge in [0.05, 0.1) is 27.9 Å². The van der Waals surface area contributed by atoms with Crippen LogP contribution in [0.15, 0.2) is 62.5 Å². The maximum absolute atomic E-state index is 12.7. The number of fused-ring (bicyclic) bond motifs is 1. The molecule has 4 rings (SSSR count). The summed E-state index contributed by atoms with van der Waals surface area (Å²) in [6.07, 6.45) is 3.20. The Labute approximate surface area is 179 Å². The van der Waals surface area contributed by atoms with Crippen LogP contribution in [0.25, 0.3) is 22.2 Å². The van der Waals surface area contributed by atoms with Gasteiger partial charge in [0.15, 0.2) is 11.0 Å². The molecule has 142 valence electrons. The summed E-state index contributed by atoms with van der Waals surface area (Å²) in [5.74, 6) is 0.640. The molecule has 0 radical (unpaired) electrons. The molecule has 0 fully saturated rings. The lowest BCUT2D eigenvalue weighted by molar-refractivity contribution is 0.594. The molecule has 0 aliphatic heterocycles. The predicted molar refractivity (Wildman–Crippen MR) is 116 cm³/mol. The van der Waals surface area contributed by atoms with Crippen molar-refractivity contribution < 1.29 is 4.42 Å². The minimum atomic E-state index is -0.180. The monoisotopic (exact) mass is 477 g/mol. The van der Waals surface area contributed by atoms with E-state index in [2.05, 4.69) is 26.2 Å². The first-order valence-corrected chi connectivity index (χ1v) is 9.90. The predicted octanol–water partition coefficient (Wildman–Crippen LogP) is 5.87. The van der Waals surface area contributed by atoms with E-state index < -0.39 is 0 Å². The number of imidazole rings is 1. The molecule has 0 amide bonds. The highest BCUT2D eigenvalue weighted by molar-refractivity contribution is 9.10. The number of nitrogens with zero attached hydrogens (tertiary/aromatic N) is 2. The van der Waals surface area contributed by atoms with Crippen molar-refractivity contribution in [1.29, 1.82) is 0 Å². The average molecular weight is 479 g/mol. The molecule has 0 saturated carbocycles. The number of benzene rings is 2. The molecular formula is C20H14BrCl2N3O2. The molecule has 0 spiro atoms. The summed E-state index contributed by atoms with van der Waals surface area (Å²) in [7, 11) is 1.91. The van der Waals surface area contributed by atoms with Crippen molar-refractivity contribution in [2.75, 3.05) is 5.32 Å². The van der Waals surface area contributed by atoms with Crippen LogP contribution < -0.4 is 10.7 Å². The van der Waals surface area contributed by atoms with Gasteiger partial charge in [-0.2, -0.15) is 0 Å². The third kappa shape index (κ3) is 3.55. The number of aromatic nitrogens is 2. The van der Waals surface area contributed by atoms with E-state index >= 15 is 0 Å². The molecule has 4 aromatic rings. The zero-order valence-corrected chi connectivity index (χ0v) is 17.8. The zero-order chi connectivity index (χ0) is 19.8. The van der Waals surface area contributed by atoms with Crippen LogP contribution in [0, 0.1) is 0 Å². The topological polar surface area (TPSA) is 60.1 Å². The van der Waals surface area contributed by atoms with Gasteiger partial charge < -0.3 is 14.3 Å². The van der Waals surface area contributed by atoms with Crippen LogP contribution in [0.1, 0.15) is 5.56 Å². The lowest BCUT2D eigenvalue weighted by Gasteiger charge is -2.09. The number of rotatable bonds is 4. The number of hydrogen-bond acceptors (Lipinski definition) is 4. The fourth-order valence-corrected chi connectivity index (χ4v) is 3.77. The first kappa shape index (κ1) is 19.1. The van der Waals surface area contributed by atoms with Gasteiger partial charge in [-0.25, -0.2) is 4.98 Å². The molecule has 8 heteroatoms. The van der Waals surface area contributed by atoms with E-state index in [1.165, 1.54) is 6.26 Å². The molecule has 5 nitrogen and oxygen atoms in total. The summed E-state index contributed by atoms with van der Waals surface area (Å²) in [4.78, 5) is 17.2. The highest BCUT2D eigenvalue weighted by Crippen LogP contribution is 2.27. The van der Waals surface area contributed by atoms with E-state index in [1.54, 1.807) is 18.3 Å². The fraction of sp³-hybridized carbons (Fsp3) is 0.100. The molecule has 0 unspecified atom stereocenters. The Morgan fingerprint density at radius 2 is 1.96 bits per heavy atom. The van der Waals surface area contributed by atoms with Crippen molar-refractivity contribution in [3.05, 3.63) is 79.2 Å². The van der Waals surface area contributed by atoms with Crippen molar-refractivity contribution in [2.24, 2.45) is 7.05 Å². The molecule has 2 heterocycles. The Morgan fingerprint density at radius 1 is 1.21 bits per heavy atom. The molecule has 0 atom stereocenters. The van der Waals surface area contributed by atoms with Crippen LogP contribution in [0.5, 0.6) is 0 Å². The maximum atomic E-state index is 12.7. The van der Waals surface area contributed by atoms with Crippen LogP contribution >= 0.6 is 39.1 Å². The van der Waals surface area contributed by atoms with Crippen LogP contribution in [-0.2, 0) is 13.6 Å². The Morgan fingerprint density at radius 3 is 2.71 bits per heavy atom. The summed E-state index contributed by atoms with van der Waals surface area (Å²) >= 11 is 15.6. The molecule has 0 bridgehead atoms. The van der Waals surface area contributed by atoms with Gasteiger partial charge in [-0.3, -0.25) is 4.79 Å². The highest BCUT2D eigenvalue weighted by Gasteiger charge is 2.13. The van der Waals surface area contributed by atoms with Gasteiger partial charge in [0, 0.05) is 23.1 Å². The third-order valence-corrected chi connectivity index (χ3v) is 5.46. The smallest absolute Gasteiger partial charge is 0.203 e. The van der Waals surface area contributed by atoms with Gasteiger partial charge in [-0.1, -0.05) is 51.3 Å². The maximum Gasteiger partial charge on any atom is 0.203 e. The molecule has 2 aromatic heterocycles. The van der Waals surface area contributed by atoms with Crippen LogP contribution in [0.3, 0.4) is 0 Å². The Kier molecular flexibility index (Phi) is 5.19. The lowest BCUT2D eigenvalue weighted by atomic mass is 10.1. The zero-order valence-electron chi connectivity index (χ0n) is 14.7. The van der Waals surface area contributed by atoms with Gasteiger partial charge >= 0.3 is 0 Å². The van der Waals surface area contributed by atoms with Crippen LogP contribution in [0.4, 0.5) is 5.95 Å². The quantitative estimate of drug-likeness (QED) is 0.398. The molecule has 0 aliphatic carbocycles. The van der Waals surface area contributed by atoms with Gasteiger partial charge in [0.1, 0.15) is 6.26 Å². The SMILES string of the molecule is Cn1c(-c2ccc(Br)cc2)cnc1NCc1coc2c(Cl)cc(Cl)cc2c1=O. The third-order valence-electron chi connectivity index (χ3n) is 4.43. The number of hydrogen-bond donors (Lipinski definition) is 1. The molecular weight excluding hydrogens is 465 g/mol.